The summed E-state index contributed by atoms with van der Waals surface area (Å²) in [7, 11) is 0. The summed E-state index contributed by atoms with van der Waals surface area (Å²) in [6.07, 6.45) is 5.91. The number of carbonyl (C=O) groups is 1. The van der Waals surface area contributed by atoms with Crippen molar-refractivity contribution in [3.8, 4) is 0 Å². The van der Waals surface area contributed by atoms with Gasteiger partial charge in [-0.1, -0.05) is 13.3 Å². The van der Waals surface area contributed by atoms with E-state index < -0.39 is 17.0 Å². The Kier molecular flexibility index (Phi) is 1.86. The van der Waals surface area contributed by atoms with Crippen molar-refractivity contribution < 1.29 is 15.0 Å². The number of rotatable bonds is 2. The molecule has 2 N–H and O–H groups in total. The summed E-state index contributed by atoms with van der Waals surface area (Å²) in [6, 6.07) is 0. The fourth-order valence-electron chi connectivity index (χ4n) is 5.22. The molecule has 4 saturated carbocycles. The van der Waals surface area contributed by atoms with Gasteiger partial charge in [-0.15, -0.1) is 0 Å². The molecule has 3 heteroatoms. The summed E-state index contributed by atoms with van der Waals surface area (Å²) in [4.78, 5) is 11.5. The van der Waals surface area contributed by atoms with Crippen LogP contribution >= 0.6 is 0 Å². The van der Waals surface area contributed by atoms with Gasteiger partial charge < -0.3 is 10.2 Å². The molecule has 0 aromatic heterocycles. The van der Waals surface area contributed by atoms with Gasteiger partial charge in [0, 0.05) is 0 Å². The van der Waals surface area contributed by atoms with Crippen LogP contribution in [0.15, 0.2) is 0 Å². The predicted octanol–water partition coefficient (Wildman–Crippen LogP) is 2.18. The summed E-state index contributed by atoms with van der Waals surface area (Å²) in [5, 5.41) is 20.0. The molecule has 0 aliphatic heterocycles. The van der Waals surface area contributed by atoms with Gasteiger partial charge in [0.1, 0.15) is 0 Å². The third kappa shape index (κ3) is 1.21. The van der Waals surface area contributed by atoms with Crippen molar-refractivity contribution in [1.82, 2.24) is 0 Å². The van der Waals surface area contributed by atoms with E-state index in [9.17, 15) is 15.0 Å². The summed E-state index contributed by atoms with van der Waals surface area (Å²) in [5.41, 5.74) is -1.16. The Balaban J connectivity index is 2.04. The maximum Gasteiger partial charge on any atom is 0.309 e. The Hall–Kier alpha value is -0.570. The molecule has 0 radical (unpaired) electrons. The van der Waals surface area contributed by atoms with E-state index in [1.807, 2.05) is 0 Å². The van der Waals surface area contributed by atoms with Crippen molar-refractivity contribution in [2.45, 2.75) is 57.5 Å². The Bertz CT molecular complexity index is 353. The molecule has 0 amide bonds. The molecule has 4 bridgehead atoms. The fourth-order valence-corrected chi connectivity index (χ4v) is 5.22. The smallest absolute Gasteiger partial charge is 0.309 e. The molecule has 4 rings (SSSR count). The van der Waals surface area contributed by atoms with Crippen LogP contribution in [0.5, 0.6) is 0 Å². The number of hydrogen-bond acceptors (Lipinski definition) is 2. The van der Waals surface area contributed by atoms with E-state index in [4.69, 9.17) is 0 Å². The van der Waals surface area contributed by atoms with Crippen molar-refractivity contribution in [1.29, 1.82) is 0 Å². The summed E-state index contributed by atoms with van der Waals surface area (Å²) < 4.78 is 0. The fraction of sp³-hybridized carbons (Fsp3) is 0.923. The molecule has 0 heterocycles. The van der Waals surface area contributed by atoms with Crippen molar-refractivity contribution in [3.05, 3.63) is 0 Å². The average Bonchev–Trinajstić information content (AvgIpc) is 2.13. The van der Waals surface area contributed by atoms with Crippen LogP contribution in [0.2, 0.25) is 0 Å². The summed E-state index contributed by atoms with van der Waals surface area (Å²) in [6.45, 7) is 2.14. The van der Waals surface area contributed by atoms with E-state index in [2.05, 4.69) is 6.92 Å². The second kappa shape index (κ2) is 2.81. The van der Waals surface area contributed by atoms with Gasteiger partial charge in [0.25, 0.3) is 0 Å². The maximum absolute atomic E-state index is 11.5. The first-order valence-electron chi connectivity index (χ1n) is 6.37. The highest BCUT2D eigenvalue weighted by Crippen LogP contribution is 2.67. The number of aliphatic carboxylic acids is 1. The number of carboxylic acids is 1. The van der Waals surface area contributed by atoms with Gasteiger partial charge in [0.2, 0.25) is 0 Å². The summed E-state index contributed by atoms with van der Waals surface area (Å²) >= 11 is 0. The minimum atomic E-state index is -0.673. The standard InChI is InChI=1S/C13H20O3/c1-2-11-3-9-4-12(6-11,10(14)15)8-13(16,5-9)7-11/h9,16H,2-8H2,1H3,(H,14,15)/t9-,11+,12+,13-/m1/s1. The van der Waals surface area contributed by atoms with Gasteiger partial charge in [-0.3, -0.25) is 4.79 Å². The highest BCUT2D eigenvalue weighted by atomic mass is 16.4. The minimum Gasteiger partial charge on any atom is -0.481 e. The molecule has 3 nitrogen and oxygen atoms in total. The van der Waals surface area contributed by atoms with Crippen LogP contribution in [0, 0.1) is 16.7 Å². The Labute approximate surface area is 95.9 Å². The number of carboxylic acid groups (broad SMARTS) is 1. The van der Waals surface area contributed by atoms with Gasteiger partial charge in [-0.25, -0.2) is 0 Å². The molecule has 4 aliphatic rings. The van der Waals surface area contributed by atoms with Crippen molar-refractivity contribution >= 4 is 5.97 Å². The van der Waals surface area contributed by atoms with Crippen molar-refractivity contribution in [2.24, 2.45) is 16.7 Å². The first kappa shape index (κ1) is 10.6. The van der Waals surface area contributed by atoms with Gasteiger partial charge in [-0.2, -0.15) is 0 Å². The zero-order valence-corrected chi connectivity index (χ0v) is 9.83. The lowest BCUT2D eigenvalue weighted by Crippen LogP contribution is -2.62. The van der Waals surface area contributed by atoms with E-state index in [1.165, 1.54) is 0 Å². The number of aliphatic hydroxyl groups is 1. The lowest BCUT2D eigenvalue weighted by molar-refractivity contribution is -0.213. The molecule has 0 aromatic carbocycles. The van der Waals surface area contributed by atoms with Crippen LogP contribution in [0.25, 0.3) is 0 Å². The van der Waals surface area contributed by atoms with Gasteiger partial charge in [-0.05, 0) is 49.9 Å². The van der Waals surface area contributed by atoms with Crippen LogP contribution < -0.4 is 0 Å². The largest absolute Gasteiger partial charge is 0.481 e. The normalized spacial score (nSPS) is 54.2. The first-order valence-corrected chi connectivity index (χ1v) is 6.37. The molecular weight excluding hydrogens is 204 g/mol. The number of hydrogen-bond donors (Lipinski definition) is 2. The second-order valence-corrected chi connectivity index (χ2v) is 6.67. The SMILES string of the molecule is CC[C@@]12C[C@H]3C[C@@](O)(C1)C[C@](C(=O)O)(C3)C2. The monoisotopic (exact) mass is 224 g/mol. The van der Waals surface area contributed by atoms with Gasteiger partial charge in [0.15, 0.2) is 0 Å². The molecule has 0 spiro atoms. The van der Waals surface area contributed by atoms with E-state index in [-0.39, 0.29) is 5.41 Å². The van der Waals surface area contributed by atoms with E-state index >= 15 is 0 Å². The van der Waals surface area contributed by atoms with Crippen LogP contribution in [0.4, 0.5) is 0 Å². The second-order valence-electron chi connectivity index (χ2n) is 6.67. The first-order chi connectivity index (χ1) is 7.41. The third-order valence-corrected chi connectivity index (χ3v) is 5.36. The molecule has 90 valence electrons. The lowest BCUT2D eigenvalue weighted by atomic mass is 9.42. The Morgan fingerprint density at radius 3 is 2.56 bits per heavy atom. The lowest BCUT2D eigenvalue weighted by Gasteiger charge is -2.63. The molecule has 4 aliphatic carbocycles. The zero-order valence-electron chi connectivity index (χ0n) is 9.83. The molecule has 0 unspecified atom stereocenters. The van der Waals surface area contributed by atoms with Crippen LogP contribution in [0.3, 0.4) is 0 Å². The average molecular weight is 224 g/mol. The van der Waals surface area contributed by atoms with E-state index in [0.29, 0.717) is 12.3 Å². The van der Waals surface area contributed by atoms with Gasteiger partial charge in [0.05, 0.1) is 11.0 Å². The highest BCUT2D eigenvalue weighted by molar-refractivity contribution is 5.75. The minimum absolute atomic E-state index is 0.118. The zero-order chi connectivity index (χ0) is 11.6. The molecular formula is C13H20O3. The van der Waals surface area contributed by atoms with E-state index in [1.54, 1.807) is 0 Å². The summed E-state index contributed by atoms with van der Waals surface area (Å²) in [5.74, 6) is -0.231. The quantitative estimate of drug-likeness (QED) is 0.756. The van der Waals surface area contributed by atoms with Crippen molar-refractivity contribution in [3.63, 3.8) is 0 Å². The predicted molar refractivity (Wildman–Crippen MR) is 58.9 cm³/mol. The molecule has 4 fully saturated rings. The Morgan fingerprint density at radius 2 is 2.00 bits per heavy atom. The molecule has 0 saturated heterocycles. The molecule has 0 aromatic rings. The Morgan fingerprint density at radius 1 is 1.25 bits per heavy atom. The molecule has 4 atom stereocenters. The van der Waals surface area contributed by atoms with Crippen LogP contribution in [-0.4, -0.2) is 21.8 Å². The topological polar surface area (TPSA) is 57.5 Å². The van der Waals surface area contributed by atoms with Crippen LogP contribution in [0.1, 0.15) is 51.9 Å². The van der Waals surface area contributed by atoms with Crippen molar-refractivity contribution in [2.75, 3.05) is 0 Å². The third-order valence-electron chi connectivity index (χ3n) is 5.36. The van der Waals surface area contributed by atoms with Crippen LogP contribution in [-0.2, 0) is 4.79 Å². The molecule has 16 heavy (non-hydrogen) atoms. The van der Waals surface area contributed by atoms with Gasteiger partial charge >= 0.3 is 5.97 Å². The maximum atomic E-state index is 11.5. The van der Waals surface area contributed by atoms with E-state index in [0.717, 1.165) is 38.5 Å². The highest BCUT2D eigenvalue weighted by Gasteiger charge is 2.64.